The topological polar surface area (TPSA) is 75.7 Å². The lowest BCUT2D eigenvalue weighted by Crippen LogP contribution is -2.41. The molecule has 0 radical (unpaired) electrons. The Hall–Kier alpha value is -3.39. The largest absolute Gasteiger partial charge is 0.494 e. The van der Waals surface area contributed by atoms with Gasteiger partial charge in [0.1, 0.15) is 18.1 Å². The number of carbonyl (C=O) groups excluding carboxylic acids is 1. The molecule has 0 aliphatic heterocycles. The van der Waals surface area contributed by atoms with Gasteiger partial charge in [-0.3, -0.25) is 9.10 Å². The van der Waals surface area contributed by atoms with Crippen molar-refractivity contribution >= 4 is 21.6 Å². The monoisotopic (exact) mass is 456 g/mol. The molecule has 0 saturated carbocycles. The summed E-state index contributed by atoms with van der Waals surface area (Å²) in [6.07, 6.45) is 0. The summed E-state index contributed by atoms with van der Waals surface area (Å²) >= 11 is 0. The molecule has 6 nitrogen and oxygen atoms in total. The number of amides is 1. The van der Waals surface area contributed by atoms with Crippen LogP contribution in [0.2, 0.25) is 0 Å². The highest BCUT2D eigenvalue weighted by Crippen LogP contribution is 2.26. The van der Waals surface area contributed by atoms with E-state index in [1.807, 2.05) is 6.92 Å². The molecule has 168 valence electrons. The molecule has 1 N–H and O–H groups in total. The van der Waals surface area contributed by atoms with Gasteiger partial charge in [0.2, 0.25) is 5.91 Å². The highest BCUT2D eigenvalue weighted by Gasteiger charge is 2.27. The maximum Gasteiger partial charge on any atom is 0.264 e. The Balaban J connectivity index is 1.86. The van der Waals surface area contributed by atoms with E-state index < -0.39 is 28.5 Å². The summed E-state index contributed by atoms with van der Waals surface area (Å²) in [5, 5.41) is 2.78. The maximum absolute atomic E-state index is 13.3. The van der Waals surface area contributed by atoms with Crippen molar-refractivity contribution in [2.45, 2.75) is 24.8 Å². The summed E-state index contributed by atoms with van der Waals surface area (Å²) in [5.41, 5.74) is 1.04. The molecule has 0 aromatic heterocycles. The van der Waals surface area contributed by atoms with Gasteiger partial charge in [0.25, 0.3) is 10.0 Å². The number of ether oxygens (including phenoxy) is 1. The lowest BCUT2D eigenvalue weighted by molar-refractivity contribution is -0.120. The van der Waals surface area contributed by atoms with Crippen LogP contribution in [0.5, 0.6) is 5.75 Å². The van der Waals surface area contributed by atoms with E-state index in [-0.39, 0.29) is 10.7 Å². The van der Waals surface area contributed by atoms with Crippen LogP contribution in [-0.2, 0) is 14.8 Å². The molecule has 0 unspecified atom stereocenters. The summed E-state index contributed by atoms with van der Waals surface area (Å²) in [7, 11) is -4.00. The number of anilines is 1. The third-order valence-electron chi connectivity index (χ3n) is 4.80. The van der Waals surface area contributed by atoms with E-state index in [1.54, 1.807) is 61.5 Å². The first kappa shape index (κ1) is 23.3. The van der Waals surface area contributed by atoms with Gasteiger partial charge in [-0.2, -0.15) is 0 Å². The Kier molecular flexibility index (Phi) is 7.48. The Morgan fingerprint density at radius 3 is 2.22 bits per heavy atom. The van der Waals surface area contributed by atoms with Crippen LogP contribution < -0.4 is 14.4 Å². The highest BCUT2D eigenvalue weighted by atomic mass is 32.2. The first-order chi connectivity index (χ1) is 15.3. The molecule has 0 aliphatic carbocycles. The van der Waals surface area contributed by atoms with Gasteiger partial charge in [-0.25, -0.2) is 12.8 Å². The Morgan fingerprint density at radius 2 is 1.62 bits per heavy atom. The molecule has 0 saturated heterocycles. The zero-order valence-corrected chi connectivity index (χ0v) is 18.7. The highest BCUT2D eigenvalue weighted by molar-refractivity contribution is 7.92. The number of sulfonamides is 1. The molecule has 0 aliphatic rings. The summed E-state index contributed by atoms with van der Waals surface area (Å²) in [6, 6.07) is 19.8. The van der Waals surface area contributed by atoms with Crippen LogP contribution in [-0.4, -0.2) is 27.5 Å². The third kappa shape index (κ3) is 5.64. The average Bonchev–Trinajstić information content (AvgIpc) is 2.79. The van der Waals surface area contributed by atoms with E-state index >= 15 is 0 Å². The lowest BCUT2D eigenvalue weighted by Gasteiger charge is -2.25. The molecule has 1 amide bonds. The van der Waals surface area contributed by atoms with Crippen molar-refractivity contribution in [2.24, 2.45) is 0 Å². The SMILES string of the molecule is CCOc1ccc(N(CC(=O)N[C@@H](C)c2ccc(F)cc2)S(=O)(=O)c2ccccc2)cc1. The second-order valence-corrected chi connectivity index (χ2v) is 8.95. The summed E-state index contributed by atoms with van der Waals surface area (Å²) in [5.74, 6) is -0.263. The predicted molar refractivity (Wildman–Crippen MR) is 122 cm³/mol. The van der Waals surface area contributed by atoms with Gasteiger partial charge in [0.05, 0.1) is 23.2 Å². The minimum atomic E-state index is -4.00. The van der Waals surface area contributed by atoms with Crippen molar-refractivity contribution in [3.05, 3.63) is 90.2 Å². The quantitative estimate of drug-likeness (QED) is 0.521. The van der Waals surface area contributed by atoms with Crippen LogP contribution in [0.15, 0.2) is 83.8 Å². The smallest absolute Gasteiger partial charge is 0.264 e. The molecular formula is C24H25FN2O4S. The van der Waals surface area contributed by atoms with E-state index in [1.165, 1.54) is 24.3 Å². The van der Waals surface area contributed by atoms with Crippen LogP contribution in [0, 0.1) is 5.82 Å². The Bertz CT molecular complexity index is 1130. The van der Waals surface area contributed by atoms with Crippen molar-refractivity contribution in [2.75, 3.05) is 17.5 Å². The fraction of sp³-hybridized carbons (Fsp3) is 0.208. The number of carbonyl (C=O) groups is 1. The minimum Gasteiger partial charge on any atom is -0.494 e. The van der Waals surface area contributed by atoms with E-state index in [0.717, 1.165) is 4.31 Å². The second kappa shape index (κ2) is 10.3. The number of hydrogen-bond donors (Lipinski definition) is 1. The third-order valence-corrected chi connectivity index (χ3v) is 6.59. The zero-order chi connectivity index (χ0) is 23.1. The van der Waals surface area contributed by atoms with Gasteiger partial charge in [0.15, 0.2) is 0 Å². The lowest BCUT2D eigenvalue weighted by atomic mass is 10.1. The van der Waals surface area contributed by atoms with Gasteiger partial charge < -0.3 is 10.1 Å². The average molecular weight is 457 g/mol. The molecule has 0 bridgehead atoms. The first-order valence-electron chi connectivity index (χ1n) is 10.2. The van der Waals surface area contributed by atoms with Crippen molar-refractivity contribution in [1.82, 2.24) is 5.32 Å². The molecule has 3 aromatic carbocycles. The van der Waals surface area contributed by atoms with Crippen LogP contribution >= 0.6 is 0 Å². The molecule has 3 aromatic rings. The van der Waals surface area contributed by atoms with Gasteiger partial charge in [-0.15, -0.1) is 0 Å². The summed E-state index contributed by atoms with van der Waals surface area (Å²) < 4.78 is 46.4. The van der Waals surface area contributed by atoms with Gasteiger partial charge in [-0.1, -0.05) is 30.3 Å². The molecular weight excluding hydrogens is 431 g/mol. The van der Waals surface area contributed by atoms with Gasteiger partial charge in [0, 0.05) is 0 Å². The summed E-state index contributed by atoms with van der Waals surface area (Å²) in [4.78, 5) is 12.9. The molecule has 0 heterocycles. The van der Waals surface area contributed by atoms with Crippen LogP contribution in [0.1, 0.15) is 25.5 Å². The number of benzene rings is 3. The fourth-order valence-electron chi connectivity index (χ4n) is 3.16. The Morgan fingerprint density at radius 1 is 1.00 bits per heavy atom. The first-order valence-corrected chi connectivity index (χ1v) is 11.6. The van der Waals surface area contributed by atoms with Crippen molar-refractivity contribution < 1.29 is 22.3 Å². The number of nitrogens with one attached hydrogen (secondary N) is 1. The standard InChI is InChI=1S/C24H25FN2O4S/c1-3-31-22-15-13-21(14-16-22)27(32(29,30)23-7-5-4-6-8-23)17-24(28)26-18(2)19-9-11-20(25)12-10-19/h4-16,18H,3,17H2,1-2H3,(H,26,28)/t18-/m0/s1. The second-order valence-electron chi connectivity index (χ2n) is 7.09. The maximum atomic E-state index is 13.3. The molecule has 32 heavy (non-hydrogen) atoms. The number of halogens is 1. The fourth-order valence-corrected chi connectivity index (χ4v) is 4.60. The number of nitrogens with zero attached hydrogens (tertiary/aromatic N) is 1. The number of rotatable bonds is 9. The van der Waals surface area contributed by atoms with E-state index in [0.29, 0.717) is 23.6 Å². The Labute approximate surface area is 187 Å². The van der Waals surface area contributed by atoms with E-state index in [2.05, 4.69) is 5.32 Å². The minimum absolute atomic E-state index is 0.0771. The van der Waals surface area contributed by atoms with Crippen molar-refractivity contribution in [3.63, 3.8) is 0 Å². The molecule has 1 atom stereocenters. The van der Waals surface area contributed by atoms with Crippen molar-refractivity contribution in [1.29, 1.82) is 0 Å². The van der Waals surface area contributed by atoms with Gasteiger partial charge in [-0.05, 0) is 67.9 Å². The predicted octanol–water partition coefficient (Wildman–Crippen LogP) is 4.30. The molecule has 0 fully saturated rings. The van der Waals surface area contributed by atoms with E-state index in [9.17, 15) is 17.6 Å². The van der Waals surface area contributed by atoms with Crippen LogP contribution in [0.3, 0.4) is 0 Å². The van der Waals surface area contributed by atoms with Gasteiger partial charge >= 0.3 is 0 Å². The molecule has 0 spiro atoms. The number of hydrogen-bond acceptors (Lipinski definition) is 4. The molecule has 3 rings (SSSR count). The summed E-state index contributed by atoms with van der Waals surface area (Å²) in [6.45, 7) is 3.66. The van der Waals surface area contributed by atoms with Crippen LogP contribution in [0.4, 0.5) is 10.1 Å². The van der Waals surface area contributed by atoms with Crippen LogP contribution in [0.25, 0.3) is 0 Å². The zero-order valence-electron chi connectivity index (χ0n) is 17.9. The normalized spacial score (nSPS) is 12.1. The van der Waals surface area contributed by atoms with E-state index in [4.69, 9.17) is 4.74 Å². The molecule has 8 heteroatoms. The van der Waals surface area contributed by atoms with Crippen molar-refractivity contribution in [3.8, 4) is 5.75 Å².